The van der Waals surface area contributed by atoms with Crippen molar-refractivity contribution in [2.45, 2.75) is 18.9 Å². The van der Waals surface area contributed by atoms with Crippen molar-refractivity contribution in [3.05, 3.63) is 28.7 Å². The first-order valence-electron chi connectivity index (χ1n) is 6.07. The summed E-state index contributed by atoms with van der Waals surface area (Å²) in [4.78, 5) is 11.6. The van der Waals surface area contributed by atoms with Crippen molar-refractivity contribution < 1.29 is 9.90 Å². The van der Waals surface area contributed by atoms with E-state index in [1.54, 1.807) is 0 Å². The quantitative estimate of drug-likeness (QED) is 0.776. The van der Waals surface area contributed by atoms with Crippen molar-refractivity contribution in [2.24, 2.45) is 5.92 Å². The van der Waals surface area contributed by atoms with Crippen molar-refractivity contribution >= 4 is 27.5 Å². The van der Waals surface area contributed by atoms with Crippen LogP contribution in [0.1, 0.15) is 12.8 Å². The van der Waals surface area contributed by atoms with Gasteiger partial charge in [-0.05, 0) is 49.6 Å². The zero-order chi connectivity index (χ0) is 13.0. The fourth-order valence-electron chi connectivity index (χ4n) is 2.00. The van der Waals surface area contributed by atoms with Crippen molar-refractivity contribution in [3.63, 3.8) is 0 Å². The van der Waals surface area contributed by atoms with Gasteiger partial charge in [-0.3, -0.25) is 4.79 Å². The molecule has 0 spiro atoms. The summed E-state index contributed by atoms with van der Waals surface area (Å²) in [6.07, 6.45) is 1.57. The SMILES string of the molecule is O=C(CNCC1CC(O)C1)Nc1ccc(Br)cc1. The Morgan fingerprint density at radius 1 is 1.33 bits per heavy atom. The number of nitrogens with one attached hydrogen (secondary N) is 2. The molecule has 0 aliphatic heterocycles. The molecule has 0 unspecified atom stereocenters. The highest BCUT2D eigenvalue weighted by Crippen LogP contribution is 2.25. The number of anilines is 1. The lowest BCUT2D eigenvalue weighted by atomic mass is 9.82. The van der Waals surface area contributed by atoms with Crippen LogP contribution in [0.4, 0.5) is 5.69 Å². The predicted octanol–water partition coefficient (Wildman–Crippen LogP) is 1.75. The Morgan fingerprint density at radius 3 is 2.61 bits per heavy atom. The van der Waals surface area contributed by atoms with Crippen LogP contribution < -0.4 is 10.6 Å². The molecule has 3 N–H and O–H groups in total. The van der Waals surface area contributed by atoms with Gasteiger partial charge in [-0.1, -0.05) is 15.9 Å². The lowest BCUT2D eigenvalue weighted by molar-refractivity contribution is -0.115. The molecule has 0 bridgehead atoms. The van der Waals surface area contributed by atoms with Gasteiger partial charge in [-0.2, -0.15) is 0 Å². The molecule has 0 aromatic heterocycles. The lowest BCUT2D eigenvalue weighted by Crippen LogP contribution is -2.38. The summed E-state index contributed by atoms with van der Waals surface area (Å²) in [5.41, 5.74) is 0.795. The first-order chi connectivity index (χ1) is 8.63. The third-order valence-corrected chi connectivity index (χ3v) is 3.59. The Hall–Kier alpha value is -0.910. The van der Waals surface area contributed by atoms with Crippen molar-refractivity contribution in [3.8, 4) is 0 Å². The van der Waals surface area contributed by atoms with Crippen LogP contribution in [-0.2, 0) is 4.79 Å². The monoisotopic (exact) mass is 312 g/mol. The molecule has 1 aliphatic rings. The number of halogens is 1. The Labute approximate surface area is 115 Å². The van der Waals surface area contributed by atoms with Crippen LogP contribution in [0.15, 0.2) is 28.7 Å². The van der Waals surface area contributed by atoms with Crippen LogP contribution in [0.2, 0.25) is 0 Å². The summed E-state index contributed by atoms with van der Waals surface area (Å²) in [7, 11) is 0. The topological polar surface area (TPSA) is 61.4 Å². The number of carbonyl (C=O) groups is 1. The maximum Gasteiger partial charge on any atom is 0.238 e. The second kappa shape index (κ2) is 6.31. The zero-order valence-electron chi connectivity index (χ0n) is 10.0. The number of amides is 1. The van der Waals surface area contributed by atoms with E-state index in [4.69, 9.17) is 5.11 Å². The lowest BCUT2D eigenvalue weighted by Gasteiger charge is -2.31. The molecule has 1 aliphatic carbocycles. The third-order valence-electron chi connectivity index (χ3n) is 3.06. The third kappa shape index (κ3) is 4.08. The molecule has 1 saturated carbocycles. The predicted molar refractivity (Wildman–Crippen MR) is 74.4 cm³/mol. The summed E-state index contributed by atoms with van der Waals surface area (Å²) >= 11 is 3.34. The van der Waals surface area contributed by atoms with Gasteiger partial charge >= 0.3 is 0 Å². The number of benzene rings is 1. The minimum Gasteiger partial charge on any atom is -0.393 e. The molecule has 1 fully saturated rings. The molecular formula is C13H17BrN2O2. The fraction of sp³-hybridized carbons (Fsp3) is 0.462. The van der Waals surface area contributed by atoms with Gasteiger partial charge in [0.15, 0.2) is 0 Å². The number of carbonyl (C=O) groups excluding carboxylic acids is 1. The minimum atomic E-state index is -0.131. The van der Waals surface area contributed by atoms with Crippen LogP contribution in [0.3, 0.4) is 0 Å². The molecule has 98 valence electrons. The van der Waals surface area contributed by atoms with Gasteiger partial charge in [-0.25, -0.2) is 0 Å². The first kappa shape index (κ1) is 13.5. The van der Waals surface area contributed by atoms with Crippen LogP contribution in [0, 0.1) is 5.92 Å². The van der Waals surface area contributed by atoms with E-state index in [0.29, 0.717) is 12.5 Å². The van der Waals surface area contributed by atoms with Gasteiger partial charge in [0.05, 0.1) is 12.6 Å². The van der Waals surface area contributed by atoms with E-state index in [1.807, 2.05) is 24.3 Å². The van der Waals surface area contributed by atoms with E-state index in [-0.39, 0.29) is 12.0 Å². The molecule has 2 rings (SSSR count). The van der Waals surface area contributed by atoms with Gasteiger partial charge in [0.1, 0.15) is 0 Å². The summed E-state index contributed by atoms with van der Waals surface area (Å²) < 4.78 is 0.988. The summed E-state index contributed by atoms with van der Waals surface area (Å²) in [6, 6.07) is 7.48. The highest BCUT2D eigenvalue weighted by molar-refractivity contribution is 9.10. The molecule has 0 atom stereocenters. The van der Waals surface area contributed by atoms with E-state index >= 15 is 0 Å². The normalized spacial score (nSPS) is 22.3. The first-order valence-corrected chi connectivity index (χ1v) is 6.87. The van der Waals surface area contributed by atoms with E-state index in [2.05, 4.69) is 26.6 Å². The van der Waals surface area contributed by atoms with E-state index in [1.165, 1.54) is 0 Å². The zero-order valence-corrected chi connectivity index (χ0v) is 11.6. The fourth-order valence-corrected chi connectivity index (χ4v) is 2.26. The van der Waals surface area contributed by atoms with E-state index < -0.39 is 0 Å². The molecule has 5 heteroatoms. The van der Waals surface area contributed by atoms with Crippen molar-refractivity contribution in [1.29, 1.82) is 0 Å². The molecule has 0 heterocycles. The van der Waals surface area contributed by atoms with Gasteiger partial charge in [0, 0.05) is 10.2 Å². The number of rotatable bonds is 5. The molecule has 0 radical (unpaired) electrons. The molecule has 1 aromatic rings. The highest BCUT2D eigenvalue weighted by atomic mass is 79.9. The van der Waals surface area contributed by atoms with Crippen LogP contribution in [0.5, 0.6) is 0 Å². The maximum absolute atomic E-state index is 11.6. The molecule has 4 nitrogen and oxygen atoms in total. The molecule has 0 saturated heterocycles. The second-order valence-corrected chi connectivity index (χ2v) is 5.59. The Morgan fingerprint density at radius 2 is 2.00 bits per heavy atom. The van der Waals surface area contributed by atoms with E-state index in [9.17, 15) is 4.79 Å². The van der Waals surface area contributed by atoms with Crippen molar-refractivity contribution in [2.75, 3.05) is 18.4 Å². The van der Waals surface area contributed by atoms with Gasteiger partial charge in [0.2, 0.25) is 5.91 Å². The average Bonchev–Trinajstić information content (AvgIpc) is 2.30. The number of hydrogen-bond donors (Lipinski definition) is 3. The van der Waals surface area contributed by atoms with Crippen molar-refractivity contribution in [1.82, 2.24) is 5.32 Å². The second-order valence-electron chi connectivity index (χ2n) is 4.68. The molecule has 18 heavy (non-hydrogen) atoms. The smallest absolute Gasteiger partial charge is 0.238 e. The largest absolute Gasteiger partial charge is 0.393 e. The standard InChI is InChI=1S/C13H17BrN2O2/c14-10-1-3-11(4-2-10)16-13(18)8-15-7-9-5-12(17)6-9/h1-4,9,12,15,17H,5-8H2,(H,16,18). The summed E-state index contributed by atoms with van der Waals surface area (Å²) in [5, 5.41) is 15.1. The average molecular weight is 313 g/mol. The summed E-state index contributed by atoms with van der Waals surface area (Å²) in [6.45, 7) is 1.10. The van der Waals surface area contributed by atoms with Gasteiger partial charge in [-0.15, -0.1) is 0 Å². The Balaban J connectivity index is 1.64. The van der Waals surface area contributed by atoms with Crippen LogP contribution >= 0.6 is 15.9 Å². The van der Waals surface area contributed by atoms with E-state index in [0.717, 1.165) is 29.5 Å². The Kier molecular flexibility index (Phi) is 4.74. The number of aliphatic hydroxyl groups excluding tert-OH is 1. The molecular weight excluding hydrogens is 296 g/mol. The highest BCUT2D eigenvalue weighted by Gasteiger charge is 2.26. The number of aliphatic hydroxyl groups is 1. The number of hydrogen-bond acceptors (Lipinski definition) is 3. The maximum atomic E-state index is 11.6. The minimum absolute atomic E-state index is 0.0443. The van der Waals surface area contributed by atoms with Gasteiger partial charge < -0.3 is 15.7 Å². The Bertz CT molecular complexity index is 402. The van der Waals surface area contributed by atoms with Crippen LogP contribution in [0.25, 0.3) is 0 Å². The summed E-state index contributed by atoms with van der Waals surface area (Å²) in [5.74, 6) is 0.470. The van der Waals surface area contributed by atoms with Crippen LogP contribution in [-0.4, -0.2) is 30.2 Å². The molecule has 1 amide bonds. The van der Waals surface area contributed by atoms with Gasteiger partial charge in [0.25, 0.3) is 0 Å². The molecule has 1 aromatic carbocycles.